The van der Waals surface area contributed by atoms with E-state index in [1.165, 1.54) is 18.3 Å². The zero-order valence-corrected chi connectivity index (χ0v) is 20.3. The third-order valence-electron chi connectivity index (χ3n) is 5.70. The number of aliphatic carboxylic acids is 1. The standard InChI is InChI=1S/C29H22ClFN2O4/c30-21-9-14-24(25(16-21)20-8-15-26(32-17-20)27(34)2-1-3-28(35)36)29(37)33-23-12-6-19(7-13-23)18-4-10-22(31)11-5-18/h4-17H,1-3H2,(H,33,37)(H,35,36). The van der Waals surface area contributed by atoms with Crippen LogP contribution in [0.1, 0.15) is 40.1 Å². The molecule has 0 saturated heterocycles. The number of carboxylic acid groups (broad SMARTS) is 1. The summed E-state index contributed by atoms with van der Waals surface area (Å²) in [5.41, 5.74) is 4.06. The van der Waals surface area contributed by atoms with Crippen LogP contribution in [0, 0.1) is 5.82 Å². The highest BCUT2D eigenvalue weighted by atomic mass is 35.5. The van der Waals surface area contributed by atoms with Crippen LogP contribution in [0.2, 0.25) is 5.02 Å². The molecule has 186 valence electrons. The molecule has 1 heterocycles. The number of pyridine rings is 1. The van der Waals surface area contributed by atoms with E-state index in [4.69, 9.17) is 16.7 Å². The monoisotopic (exact) mass is 516 g/mol. The largest absolute Gasteiger partial charge is 0.481 e. The fraction of sp³-hybridized carbons (Fsp3) is 0.103. The summed E-state index contributed by atoms with van der Waals surface area (Å²) >= 11 is 6.20. The third-order valence-corrected chi connectivity index (χ3v) is 5.94. The van der Waals surface area contributed by atoms with Gasteiger partial charge in [-0.05, 0) is 71.6 Å². The molecule has 1 amide bonds. The molecular weight excluding hydrogens is 495 g/mol. The molecule has 37 heavy (non-hydrogen) atoms. The maximum absolute atomic E-state index is 13.2. The van der Waals surface area contributed by atoms with Gasteiger partial charge in [-0.3, -0.25) is 19.4 Å². The molecule has 0 atom stereocenters. The lowest BCUT2D eigenvalue weighted by atomic mass is 9.99. The minimum absolute atomic E-state index is 0.0836. The Labute approximate surface area is 217 Å². The Morgan fingerprint density at radius 2 is 1.49 bits per heavy atom. The molecule has 0 fully saturated rings. The molecule has 2 N–H and O–H groups in total. The van der Waals surface area contributed by atoms with E-state index in [2.05, 4.69) is 10.3 Å². The second-order valence-corrected chi connectivity index (χ2v) is 8.77. The molecule has 4 aromatic rings. The zero-order chi connectivity index (χ0) is 26.4. The number of aromatic nitrogens is 1. The predicted molar refractivity (Wildman–Crippen MR) is 140 cm³/mol. The van der Waals surface area contributed by atoms with E-state index in [0.717, 1.165) is 11.1 Å². The molecule has 0 radical (unpaired) electrons. The highest BCUT2D eigenvalue weighted by molar-refractivity contribution is 6.31. The Bertz CT molecular complexity index is 1440. The molecule has 0 aliphatic rings. The zero-order valence-electron chi connectivity index (χ0n) is 19.6. The number of benzene rings is 3. The Kier molecular flexibility index (Phi) is 8.05. The van der Waals surface area contributed by atoms with E-state index in [1.807, 2.05) is 12.1 Å². The van der Waals surface area contributed by atoms with Gasteiger partial charge in [0.2, 0.25) is 0 Å². The normalized spacial score (nSPS) is 10.6. The van der Waals surface area contributed by atoms with Gasteiger partial charge in [0.1, 0.15) is 11.5 Å². The first-order valence-electron chi connectivity index (χ1n) is 11.5. The van der Waals surface area contributed by atoms with Crippen LogP contribution in [0.25, 0.3) is 22.3 Å². The number of amides is 1. The first-order valence-corrected chi connectivity index (χ1v) is 11.9. The quantitative estimate of drug-likeness (QED) is 0.236. The first-order chi connectivity index (χ1) is 17.8. The van der Waals surface area contributed by atoms with E-state index >= 15 is 0 Å². The van der Waals surface area contributed by atoms with Gasteiger partial charge in [-0.15, -0.1) is 0 Å². The number of carbonyl (C=O) groups is 3. The first kappa shape index (κ1) is 25.7. The van der Waals surface area contributed by atoms with E-state index < -0.39 is 5.97 Å². The average molecular weight is 517 g/mol. The summed E-state index contributed by atoms with van der Waals surface area (Å²) in [7, 11) is 0. The van der Waals surface area contributed by atoms with Gasteiger partial charge < -0.3 is 10.4 Å². The van der Waals surface area contributed by atoms with Crippen molar-refractivity contribution >= 4 is 34.9 Å². The average Bonchev–Trinajstić information content (AvgIpc) is 2.89. The summed E-state index contributed by atoms with van der Waals surface area (Å²) in [6.07, 6.45) is 1.73. The lowest BCUT2D eigenvalue weighted by molar-refractivity contribution is -0.137. The molecule has 0 aliphatic carbocycles. The van der Waals surface area contributed by atoms with Crippen LogP contribution in [0.4, 0.5) is 10.1 Å². The van der Waals surface area contributed by atoms with E-state index in [1.54, 1.807) is 54.6 Å². The molecule has 3 aromatic carbocycles. The van der Waals surface area contributed by atoms with Crippen LogP contribution in [0.15, 0.2) is 85.1 Å². The number of rotatable bonds is 9. The van der Waals surface area contributed by atoms with Gasteiger partial charge in [-0.2, -0.15) is 0 Å². The van der Waals surface area contributed by atoms with E-state index in [-0.39, 0.29) is 42.5 Å². The van der Waals surface area contributed by atoms with Gasteiger partial charge in [-0.25, -0.2) is 4.39 Å². The van der Waals surface area contributed by atoms with Crippen molar-refractivity contribution in [3.63, 3.8) is 0 Å². The smallest absolute Gasteiger partial charge is 0.303 e. The number of nitrogens with zero attached hydrogens (tertiary/aromatic N) is 1. The van der Waals surface area contributed by atoms with Crippen LogP contribution in [-0.2, 0) is 4.79 Å². The van der Waals surface area contributed by atoms with Crippen molar-refractivity contribution in [2.45, 2.75) is 19.3 Å². The number of ketones is 1. The van der Waals surface area contributed by atoms with Crippen molar-refractivity contribution in [2.75, 3.05) is 5.32 Å². The van der Waals surface area contributed by atoms with Crippen LogP contribution in [0.5, 0.6) is 0 Å². The molecule has 0 bridgehead atoms. The molecular formula is C29H22ClFN2O4. The van der Waals surface area contributed by atoms with Gasteiger partial charge in [0.05, 0.1) is 0 Å². The summed E-state index contributed by atoms with van der Waals surface area (Å²) in [6.45, 7) is 0. The number of Topliss-reactive ketones (excluding diaryl/α,β-unsaturated/α-hetero) is 1. The lowest BCUT2D eigenvalue weighted by Gasteiger charge is -2.12. The van der Waals surface area contributed by atoms with Crippen molar-refractivity contribution in [1.29, 1.82) is 0 Å². The minimum atomic E-state index is -0.952. The van der Waals surface area contributed by atoms with Crippen LogP contribution < -0.4 is 5.32 Å². The molecule has 0 spiro atoms. The number of hydrogen-bond acceptors (Lipinski definition) is 4. The van der Waals surface area contributed by atoms with Crippen molar-refractivity contribution in [2.24, 2.45) is 0 Å². The Balaban J connectivity index is 1.50. The van der Waals surface area contributed by atoms with E-state index in [9.17, 15) is 18.8 Å². The summed E-state index contributed by atoms with van der Waals surface area (Å²) in [5, 5.41) is 12.0. The van der Waals surface area contributed by atoms with Crippen molar-refractivity contribution in [3.05, 3.63) is 107 Å². The molecule has 8 heteroatoms. The summed E-state index contributed by atoms with van der Waals surface area (Å²) in [4.78, 5) is 40.3. The molecule has 0 saturated carbocycles. The van der Waals surface area contributed by atoms with Gasteiger partial charge in [-0.1, -0.05) is 41.9 Å². The second kappa shape index (κ2) is 11.6. The van der Waals surface area contributed by atoms with Gasteiger partial charge in [0.15, 0.2) is 5.78 Å². The van der Waals surface area contributed by atoms with Crippen LogP contribution in [-0.4, -0.2) is 27.8 Å². The fourth-order valence-corrected chi connectivity index (χ4v) is 3.96. The van der Waals surface area contributed by atoms with E-state index in [0.29, 0.717) is 27.4 Å². The summed E-state index contributed by atoms with van der Waals surface area (Å²) in [6, 6.07) is 21.5. The Hall–Kier alpha value is -4.36. The molecule has 4 rings (SSSR count). The SMILES string of the molecule is O=C(O)CCCC(=O)c1ccc(-c2cc(Cl)ccc2C(=O)Nc2ccc(-c3ccc(F)cc3)cc2)cn1. The topological polar surface area (TPSA) is 96.4 Å². The number of halogens is 2. The van der Waals surface area contributed by atoms with Crippen LogP contribution in [0.3, 0.4) is 0 Å². The van der Waals surface area contributed by atoms with Crippen LogP contribution >= 0.6 is 11.6 Å². The Morgan fingerprint density at radius 1 is 0.838 bits per heavy atom. The third kappa shape index (κ3) is 6.65. The molecule has 0 aliphatic heterocycles. The number of hydrogen-bond donors (Lipinski definition) is 2. The second-order valence-electron chi connectivity index (χ2n) is 8.33. The number of anilines is 1. The molecule has 1 aromatic heterocycles. The maximum Gasteiger partial charge on any atom is 0.303 e. The number of carbonyl (C=O) groups excluding carboxylic acids is 2. The van der Waals surface area contributed by atoms with Crippen molar-refractivity contribution in [3.8, 4) is 22.3 Å². The summed E-state index contributed by atoms with van der Waals surface area (Å²) in [5.74, 6) is -1.86. The maximum atomic E-state index is 13.2. The van der Waals surface area contributed by atoms with Gasteiger partial charge >= 0.3 is 5.97 Å². The van der Waals surface area contributed by atoms with Crippen molar-refractivity contribution < 1.29 is 23.9 Å². The number of nitrogens with one attached hydrogen (secondary N) is 1. The summed E-state index contributed by atoms with van der Waals surface area (Å²) < 4.78 is 13.2. The minimum Gasteiger partial charge on any atom is -0.481 e. The van der Waals surface area contributed by atoms with Gasteiger partial charge in [0.25, 0.3) is 5.91 Å². The number of carboxylic acids is 1. The van der Waals surface area contributed by atoms with Crippen molar-refractivity contribution in [1.82, 2.24) is 4.98 Å². The highest BCUT2D eigenvalue weighted by Gasteiger charge is 2.16. The highest BCUT2D eigenvalue weighted by Crippen LogP contribution is 2.28. The predicted octanol–water partition coefficient (Wildman–Crippen LogP) is 6.90. The molecule has 0 unspecified atom stereocenters. The van der Waals surface area contributed by atoms with Gasteiger partial charge in [0, 0.05) is 40.9 Å². The lowest BCUT2D eigenvalue weighted by Crippen LogP contribution is -2.13. The molecule has 6 nitrogen and oxygen atoms in total. The Morgan fingerprint density at radius 3 is 2.11 bits per heavy atom. The fourth-order valence-electron chi connectivity index (χ4n) is 3.79.